The zero-order valence-corrected chi connectivity index (χ0v) is 16.8. The summed E-state index contributed by atoms with van der Waals surface area (Å²) < 4.78 is 5.38. The number of hydrogen-bond donors (Lipinski definition) is 2. The van der Waals surface area contributed by atoms with Crippen LogP contribution in [0.25, 0.3) is 0 Å². The average Bonchev–Trinajstić information content (AvgIpc) is 2.70. The van der Waals surface area contributed by atoms with Crippen LogP contribution in [0.4, 0.5) is 11.4 Å². The van der Waals surface area contributed by atoms with Crippen molar-refractivity contribution in [2.24, 2.45) is 0 Å². The summed E-state index contributed by atoms with van der Waals surface area (Å²) in [6.45, 7) is 4.41. The summed E-state index contributed by atoms with van der Waals surface area (Å²) >= 11 is 6.16. The van der Waals surface area contributed by atoms with Crippen molar-refractivity contribution in [3.8, 4) is 5.75 Å². The van der Waals surface area contributed by atoms with Crippen molar-refractivity contribution in [2.45, 2.75) is 20.4 Å². The van der Waals surface area contributed by atoms with E-state index in [0.717, 1.165) is 16.8 Å². The van der Waals surface area contributed by atoms with E-state index in [1.807, 2.05) is 44.2 Å². The van der Waals surface area contributed by atoms with Gasteiger partial charge in [0.05, 0.1) is 30.2 Å². The maximum atomic E-state index is 12.5. The lowest BCUT2D eigenvalue weighted by Gasteiger charge is -2.13. The third-order valence-corrected chi connectivity index (χ3v) is 4.74. The van der Waals surface area contributed by atoms with Gasteiger partial charge in [-0.1, -0.05) is 41.4 Å². The quantitative estimate of drug-likeness (QED) is 0.614. The van der Waals surface area contributed by atoms with Crippen LogP contribution in [0.3, 0.4) is 0 Å². The number of amides is 1. The van der Waals surface area contributed by atoms with Crippen LogP contribution in [0.1, 0.15) is 27.0 Å². The second kappa shape index (κ2) is 8.76. The monoisotopic (exact) mass is 395 g/mol. The van der Waals surface area contributed by atoms with E-state index < -0.39 is 0 Å². The van der Waals surface area contributed by atoms with Crippen molar-refractivity contribution in [1.29, 1.82) is 0 Å². The molecule has 0 bridgehead atoms. The van der Waals surface area contributed by atoms with E-state index in [4.69, 9.17) is 16.3 Å². The van der Waals surface area contributed by atoms with E-state index in [2.05, 4.69) is 15.6 Å². The Bertz CT molecular complexity index is 988. The predicted molar refractivity (Wildman–Crippen MR) is 113 cm³/mol. The highest BCUT2D eigenvalue weighted by Crippen LogP contribution is 2.33. The Morgan fingerprint density at radius 3 is 2.57 bits per heavy atom. The third kappa shape index (κ3) is 4.81. The fourth-order valence-corrected chi connectivity index (χ4v) is 2.86. The van der Waals surface area contributed by atoms with E-state index in [1.54, 1.807) is 31.6 Å². The van der Waals surface area contributed by atoms with Crippen LogP contribution < -0.4 is 15.4 Å². The molecule has 1 heterocycles. The van der Waals surface area contributed by atoms with Crippen LogP contribution in [0.15, 0.2) is 54.9 Å². The number of hydrogen-bond acceptors (Lipinski definition) is 4. The molecule has 3 aromatic rings. The van der Waals surface area contributed by atoms with Gasteiger partial charge in [-0.3, -0.25) is 9.78 Å². The van der Waals surface area contributed by atoms with Gasteiger partial charge >= 0.3 is 0 Å². The van der Waals surface area contributed by atoms with Crippen LogP contribution in [-0.4, -0.2) is 18.0 Å². The maximum absolute atomic E-state index is 12.5. The van der Waals surface area contributed by atoms with Gasteiger partial charge in [0.15, 0.2) is 0 Å². The number of aromatic nitrogens is 1. The molecule has 144 valence electrons. The smallest absolute Gasteiger partial charge is 0.253 e. The second-order valence-corrected chi connectivity index (χ2v) is 6.96. The number of pyridine rings is 1. The molecule has 0 aliphatic rings. The van der Waals surface area contributed by atoms with E-state index in [-0.39, 0.29) is 5.91 Å². The Labute approximate surface area is 169 Å². The van der Waals surface area contributed by atoms with E-state index in [1.165, 1.54) is 5.56 Å². The van der Waals surface area contributed by atoms with Crippen LogP contribution in [0.2, 0.25) is 5.02 Å². The summed E-state index contributed by atoms with van der Waals surface area (Å²) in [6.07, 6.45) is 3.19. The van der Waals surface area contributed by atoms with E-state index in [0.29, 0.717) is 28.6 Å². The molecule has 3 rings (SSSR count). The molecule has 0 spiro atoms. The summed E-state index contributed by atoms with van der Waals surface area (Å²) in [5, 5.41) is 6.79. The van der Waals surface area contributed by atoms with Gasteiger partial charge in [0.1, 0.15) is 5.75 Å². The highest BCUT2D eigenvalue weighted by Gasteiger charge is 2.10. The zero-order chi connectivity index (χ0) is 20.1. The number of methoxy groups -OCH3 is 1. The lowest BCUT2D eigenvalue weighted by molar-refractivity contribution is 0.0950. The fraction of sp³-hybridized carbons (Fsp3) is 0.182. The number of nitrogens with zero attached hydrogens (tertiary/aromatic N) is 1. The van der Waals surface area contributed by atoms with Gasteiger partial charge < -0.3 is 15.4 Å². The summed E-state index contributed by atoms with van der Waals surface area (Å²) in [5.41, 5.74) is 5.06. The lowest BCUT2D eigenvalue weighted by Crippen LogP contribution is -2.23. The van der Waals surface area contributed by atoms with Gasteiger partial charge in [0.25, 0.3) is 5.91 Å². The lowest BCUT2D eigenvalue weighted by atomic mass is 10.1. The predicted octanol–water partition coefficient (Wildman–Crippen LogP) is 5.03. The summed E-state index contributed by atoms with van der Waals surface area (Å²) in [7, 11) is 1.58. The fourth-order valence-electron chi connectivity index (χ4n) is 2.71. The van der Waals surface area contributed by atoms with E-state index >= 15 is 0 Å². The van der Waals surface area contributed by atoms with Crippen LogP contribution in [0, 0.1) is 13.8 Å². The standard InChI is InChI=1S/C22H22ClN3O2/c1-14-4-6-16(7-5-14)11-25-22(27)17-9-18(13-24-12-17)26-20-8-15(2)19(23)10-21(20)28-3/h4-10,12-13,26H,11H2,1-3H3,(H,25,27). The molecule has 28 heavy (non-hydrogen) atoms. The molecular formula is C22H22ClN3O2. The SMILES string of the molecule is COc1cc(Cl)c(C)cc1Nc1cncc(C(=O)NCc2ccc(C)cc2)c1. The largest absolute Gasteiger partial charge is 0.495 e. The Hall–Kier alpha value is -3.05. The van der Waals surface area contributed by atoms with Crippen molar-refractivity contribution < 1.29 is 9.53 Å². The molecule has 0 aliphatic heterocycles. The van der Waals surface area contributed by atoms with Gasteiger partial charge in [-0.25, -0.2) is 0 Å². The highest BCUT2D eigenvalue weighted by atomic mass is 35.5. The molecule has 0 radical (unpaired) electrons. The molecule has 2 aromatic carbocycles. The highest BCUT2D eigenvalue weighted by molar-refractivity contribution is 6.31. The van der Waals surface area contributed by atoms with Crippen molar-refractivity contribution in [1.82, 2.24) is 10.3 Å². The van der Waals surface area contributed by atoms with Crippen molar-refractivity contribution in [3.05, 3.63) is 82.1 Å². The van der Waals surface area contributed by atoms with Crippen LogP contribution >= 0.6 is 11.6 Å². The normalized spacial score (nSPS) is 10.4. The van der Waals surface area contributed by atoms with E-state index in [9.17, 15) is 4.79 Å². The molecule has 2 N–H and O–H groups in total. The molecule has 5 nitrogen and oxygen atoms in total. The van der Waals surface area contributed by atoms with Gasteiger partial charge in [-0.2, -0.15) is 0 Å². The first-order valence-corrected chi connectivity index (χ1v) is 9.24. The minimum atomic E-state index is -0.184. The average molecular weight is 396 g/mol. The topological polar surface area (TPSA) is 63.2 Å². The maximum Gasteiger partial charge on any atom is 0.253 e. The van der Waals surface area contributed by atoms with Gasteiger partial charge in [0.2, 0.25) is 0 Å². The number of carbonyl (C=O) groups is 1. The summed E-state index contributed by atoms with van der Waals surface area (Å²) in [6, 6.07) is 13.4. The van der Waals surface area contributed by atoms with Crippen molar-refractivity contribution in [2.75, 3.05) is 12.4 Å². The van der Waals surface area contributed by atoms with Crippen molar-refractivity contribution in [3.63, 3.8) is 0 Å². The molecule has 0 aliphatic carbocycles. The minimum Gasteiger partial charge on any atom is -0.495 e. The number of carbonyl (C=O) groups excluding carboxylic acids is 1. The van der Waals surface area contributed by atoms with Crippen molar-refractivity contribution >= 4 is 28.9 Å². The molecular weight excluding hydrogens is 374 g/mol. The molecule has 0 saturated carbocycles. The first kappa shape index (κ1) is 19.7. The Morgan fingerprint density at radius 2 is 1.86 bits per heavy atom. The number of halogens is 1. The van der Waals surface area contributed by atoms with Gasteiger partial charge in [0, 0.05) is 23.8 Å². The Balaban J connectivity index is 1.72. The molecule has 0 atom stereocenters. The summed E-state index contributed by atoms with van der Waals surface area (Å²) in [5.74, 6) is 0.431. The second-order valence-electron chi connectivity index (χ2n) is 6.56. The molecule has 0 saturated heterocycles. The number of aryl methyl sites for hydroxylation is 2. The molecule has 1 aromatic heterocycles. The third-order valence-electron chi connectivity index (χ3n) is 4.33. The summed E-state index contributed by atoms with van der Waals surface area (Å²) in [4.78, 5) is 16.7. The van der Waals surface area contributed by atoms with Crippen LogP contribution in [-0.2, 0) is 6.54 Å². The number of nitrogens with one attached hydrogen (secondary N) is 2. The first-order chi connectivity index (χ1) is 13.5. The first-order valence-electron chi connectivity index (χ1n) is 8.86. The zero-order valence-electron chi connectivity index (χ0n) is 16.0. The number of anilines is 2. The Morgan fingerprint density at radius 1 is 1.11 bits per heavy atom. The van der Waals surface area contributed by atoms with Gasteiger partial charge in [-0.15, -0.1) is 0 Å². The number of ether oxygens (including phenoxy) is 1. The van der Waals surface area contributed by atoms with Gasteiger partial charge in [-0.05, 0) is 37.1 Å². The molecule has 0 unspecified atom stereocenters. The minimum absolute atomic E-state index is 0.184. The number of rotatable bonds is 6. The van der Waals surface area contributed by atoms with Crippen LogP contribution in [0.5, 0.6) is 5.75 Å². The Kier molecular flexibility index (Phi) is 6.16. The molecule has 6 heteroatoms. The molecule has 1 amide bonds. The molecule has 0 fully saturated rings. The number of benzene rings is 2.